The zero-order valence-electron chi connectivity index (χ0n) is 10.3. The summed E-state index contributed by atoms with van der Waals surface area (Å²) in [6.07, 6.45) is 3.02. The molecule has 0 radical (unpaired) electrons. The normalized spacial score (nSPS) is 26.8. The van der Waals surface area contributed by atoms with E-state index in [2.05, 4.69) is 6.92 Å². The smallest absolute Gasteiger partial charge is 0.139 e. The predicted octanol–water partition coefficient (Wildman–Crippen LogP) is 3.12. The Morgan fingerprint density at radius 1 is 1.35 bits per heavy atom. The van der Waals surface area contributed by atoms with Crippen LogP contribution in [0.2, 0.25) is 0 Å². The van der Waals surface area contributed by atoms with Crippen LogP contribution < -0.4 is 0 Å². The Labute approximate surface area is 103 Å². The highest BCUT2D eigenvalue weighted by atomic mass is 16.3. The van der Waals surface area contributed by atoms with Gasteiger partial charge in [-0.15, -0.1) is 0 Å². The molecule has 2 nitrogen and oxygen atoms in total. The van der Waals surface area contributed by atoms with Crippen LogP contribution in [0.4, 0.5) is 0 Å². The van der Waals surface area contributed by atoms with Crippen LogP contribution in [0.3, 0.4) is 0 Å². The maximum atomic E-state index is 12.0. The number of carbonyl (C=O) groups excluding carboxylic acids is 1. The fourth-order valence-electron chi connectivity index (χ4n) is 2.90. The van der Waals surface area contributed by atoms with E-state index in [1.807, 2.05) is 30.3 Å². The molecule has 1 fully saturated rings. The van der Waals surface area contributed by atoms with Crippen molar-refractivity contribution >= 4 is 5.78 Å². The second-order valence-corrected chi connectivity index (χ2v) is 4.91. The minimum atomic E-state index is -0.631. The van der Waals surface area contributed by atoms with Crippen molar-refractivity contribution < 1.29 is 9.90 Å². The molecular weight excluding hydrogens is 212 g/mol. The molecular formula is C15H20O2. The zero-order valence-corrected chi connectivity index (χ0v) is 10.3. The zero-order chi connectivity index (χ0) is 12.3. The van der Waals surface area contributed by atoms with Crippen molar-refractivity contribution in [3.05, 3.63) is 35.9 Å². The van der Waals surface area contributed by atoms with Gasteiger partial charge in [-0.25, -0.2) is 0 Å². The lowest BCUT2D eigenvalue weighted by molar-refractivity contribution is -0.132. The van der Waals surface area contributed by atoms with Gasteiger partial charge in [0.1, 0.15) is 5.78 Å². The third-order valence-corrected chi connectivity index (χ3v) is 3.88. The molecule has 1 saturated carbocycles. The number of hydrogen-bond donors (Lipinski definition) is 1. The molecule has 1 aliphatic carbocycles. The molecule has 0 bridgehead atoms. The van der Waals surface area contributed by atoms with E-state index in [1.165, 1.54) is 0 Å². The van der Waals surface area contributed by atoms with Crippen molar-refractivity contribution in [1.82, 2.24) is 0 Å². The molecule has 0 aliphatic heterocycles. The van der Waals surface area contributed by atoms with E-state index >= 15 is 0 Å². The highest BCUT2D eigenvalue weighted by molar-refractivity contribution is 5.82. The number of aliphatic hydroxyl groups is 1. The first kappa shape index (κ1) is 12.3. The molecule has 0 aromatic heterocycles. The van der Waals surface area contributed by atoms with Gasteiger partial charge < -0.3 is 5.11 Å². The molecule has 1 aromatic rings. The van der Waals surface area contributed by atoms with Crippen molar-refractivity contribution in [2.45, 2.75) is 38.7 Å². The van der Waals surface area contributed by atoms with Gasteiger partial charge in [-0.1, -0.05) is 43.7 Å². The van der Waals surface area contributed by atoms with Gasteiger partial charge in [0, 0.05) is 6.42 Å². The summed E-state index contributed by atoms with van der Waals surface area (Å²) in [5.41, 5.74) is 0.867. The van der Waals surface area contributed by atoms with E-state index in [0.29, 0.717) is 12.3 Å². The number of aliphatic hydroxyl groups excluding tert-OH is 1. The highest BCUT2D eigenvalue weighted by Crippen LogP contribution is 2.38. The van der Waals surface area contributed by atoms with E-state index in [9.17, 15) is 9.90 Å². The van der Waals surface area contributed by atoms with Crippen LogP contribution in [-0.2, 0) is 4.79 Å². The Hall–Kier alpha value is -1.15. The Bertz CT molecular complexity index is 372. The van der Waals surface area contributed by atoms with Gasteiger partial charge in [0.15, 0.2) is 0 Å². The van der Waals surface area contributed by atoms with Gasteiger partial charge in [-0.2, -0.15) is 0 Å². The third kappa shape index (κ3) is 2.58. The molecule has 1 aliphatic rings. The molecule has 0 amide bonds. The Morgan fingerprint density at radius 3 is 2.71 bits per heavy atom. The summed E-state index contributed by atoms with van der Waals surface area (Å²) in [6, 6.07) is 9.55. The molecule has 0 spiro atoms. The number of Topliss-reactive ketones (excluding diaryl/α,β-unsaturated/α-hetero) is 1. The molecule has 17 heavy (non-hydrogen) atoms. The molecule has 3 atom stereocenters. The van der Waals surface area contributed by atoms with Crippen LogP contribution in [0, 0.1) is 11.8 Å². The number of ketones is 1. The highest BCUT2D eigenvalue weighted by Gasteiger charge is 2.36. The number of rotatable bonds is 3. The van der Waals surface area contributed by atoms with Crippen molar-refractivity contribution in [1.29, 1.82) is 0 Å². The van der Waals surface area contributed by atoms with Crippen LogP contribution in [0.1, 0.15) is 44.3 Å². The average Bonchev–Trinajstić information content (AvgIpc) is 2.38. The SMILES string of the molecule is CC[C@@H]1CCCC(=O)[C@H]1[C@H](O)c1ccccc1. The van der Waals surface area contributed by atoms with Crippen LogP contribution in [0.25, 0.3) is 0 Å². The summed E-state index contributed by atoms with van der Waals surface area (Å²) in [6.45, 7) is 2.11. The number of carbonyl (C=O) groups is 1. The summed E-state index contributed by atoms with van der Waals surface area (Å²) in [5, 5.41) is 10.4. The fraction of sp³-hybridized carbons (Fsp3) is 0.533. The van der Waals surface area contributed by atoms with Crippen molar-refractivity contribution in [3.63, 3.8) is 0 Å². The molecule has 2 heteroatoms. The predicted molar refractivity (Wildman–Crippen MR) is 67.5 cm³/mol. The lowest BCUT2D eigenvalue weighted by Gasteiger charge is -2.33. The van der Waals surface area contributed by atoms with Crippen LogP contribution >= 0.6 is 0 Å². The molecule has 0 unspecified atom stereocenters. The molecule has 0 heterocycles. The van der Waals surface area contributed by atoms with Crippen LogP contribution in [0.5, 0.6) is 0 Å². The molecule has 1 aromatic carbocycles. The number of benzene rings is 1. The second kappa shape index (κ2) is 5.46. The lowest BCUT2D eigenvalue weighted by atomic mass is 9.72. The van der Waals surface area contributed by atoms with Gasteiger partial charge in [-0.05, 0) is 24.3 Å². The first-order chi connectivity index (χ1) is 8.24. The molecule has 2 rings (SSSR count). The first-order valence-electron chi connectivity index (χ1n) is 6.49. The average molecular weight is 232 g/mol. The Kier molecular flexibility index (Phi) is 3.95. The monoisotopic (exact) mass is 232 g/mol. The summed E-state index contributed by atoms with van der Waals surface area (Å²) in [7, 11) is 0. The number of hydrogen-bond acceptors (Lipinski definition) is 2. The quantitative estimate of drug-likeness (QED) is 0.869. The van der Waals surface area contributed by atoms with Gasteiger partial charge in [0.05, 0.1) is 12.0 Å². The summed E-state index contributed by atoms with van der Waals surface area (Å²) in [4.78, 5) is 12.0. The lowest BCUT2D eigenvalue weighted by Crippen LogP contribution is -2.33. The van der Waals surface area contributed by atoms with Crippen molar-refractivity contribution in [2.75, 3.05) is 0 Å². The molecule has 0 saturated heterocycles. The Morgan fingerprint density at radius 2 is 2.06 bits per heavy atom. The van der Waals surface area contributed by atoms with E-state index < -0.39 is 6.10 Å². The standard InChI is InChI=1S/C15H20O2/c1-2-11-9-6-10-13(16)14(11)15(17)12-7-4-3-5-8-12/h3-5,7-8,11,14-15,17H,2,6,9-10H2,1H3/t11-,14+,15-/m1/s1. The van der Waals surface area contributed by atoms with Gasteiger partial charge in [-0.3, -0.25) is 4.79 Å². The summed E-state index contributed by atoms with van der Waals surface area (Å²) in [5.74, 6) is 0.377. The summed E-state index contributed by atoms with van der Waals surface area (Å²) < 4.78 is 0. The van der Waals surface area contributed by atoms with Crippen LogP contribution in [-0.4, -0.2) is 10.9 Å². The van der Waals surface area contributed by atoms with Crippen LogP contribution in [0.15, 0.2) is 30.3 Å². The maximum absolute atomic E-state index is 12.0. The maximum Gasteiger partial charge on any atom is 0.139 e. The van der Waals surface area contributed by atoms with Gasteiger partial charge in [0.2, 0.25) is 0 Å². The van der Waals surface area contributed by atoms with Crippen molar-refractivity contribution in [2.24, 2.45) is 11.8 Å². The summed E-state index contributed by atoms with van der Waals surface area (Å²) >= 11 is 0. The van der Waals surface area contributed by atoms with E-state index in [-0.39, 0.29) is 11.7 Å². The van der Waals surface area contributed by atoms with Crippen molar-refractivity contribution in [3.8, 4) is 0 Å². The van der Waals surface area contributed by atoms with E-state index in [1.54, 1.807) is 0 Å². The van der Waals surface area contributed by atoms with E-state index in [0.717, 1.165) is 24.8 Å². The minimum absolute atomic E-state index is 0.198. The minimum Gasteiger partial charge on any atom is -0.388 e. The first-order valence-corrected chi connectivity index (χ1v) is 6.49. The topological polar surface area (TPSA) is 37.3 Å². The Balaban J connectivity index is 2.21. The molecule has 92 valence electrons. The van der Waals surface area contributed by atoms with E-state index in [4.69, 9.17) is 0 Å². The fourth-order valence-corrected chi connectivity index (χ4v) is 2.90. The third-order valence-electron chi connectivity index (χ3n) is 3.88. The van der Waals surface area contributed by atoms with Gasteiger partial charge in [0.25, 0.3) is 0 Å². The second-order valence-electron chi connectivity index (χ2n) is 4.91. The molecule has 1 N–H and O–H groups in total. The van der Waals surface area contributed by atoms with Gasteiger partial charge >= 0.3 is 0 Å². The largest absolute Gasteiger partial charge is 0.388 e.